The van der Waals surface area contributed by atoms with Gasteiger partial charge in [-0.25, -0.2) is 18.1 Å². The van der Waals surface area contributed by atoms with E-state index >= 15 is 0 Å². The molecular weight excluding hydrogens is 394 g/mol. The van der Waals surface area contributed by atoms with Gasteiger partial charge in [0.25, 0.3) is 5.91 Å². The van der Waals surface area contributed by atoms with Crippen LogP contribution in [0, 0.1) is 0 Å². The Kier molecular flexibility index (Phi) is 5.56. The molecule has 0 atom stereocenters. The summed E-state index contributed by atoms with van der Waals surface area (Å²) in [5, 5.41) is 10.2. The lowest BCUT2D eigenvalue weighted by molar-refractivity contribution is 0.0832. The number of nitrogens with one attached hydrogen (secondary N) is 3. The number of hydrogen-bond acceptors (Lipinski definition) is 6. The molecule has 1 saturated heterocycles. The van der Waals surface area contributed by atoms with Crippen molar-refractivity contribution in [2.75, 3.05) is 13.2 Å². The Hall–Kier alpha value is -2.82. The van der Waals surface area contributed by atoms with Gasteiger partial charge in [0.1, 0.15) is 0 Å². The molecule has 0 unspecified atom stereocenters. The van der Waals surface area contributed by atoms with Crippen LogP contribution in [0.2, 0.25) is 0 Å². The summed E-state index contributed by atoms with van der Waals surface area (Å²) < 4.78 is 33.0. The smallest absolute Gasteiger partial charge is 0.253 e. The van der Waals surface area contributed by atoms with E-state index in [0.717, 1.165) is 10.9 Å². The zero-order chi connectivity index (χ0) is 20.3. The van der Waals surface area contributed by atoms with Gasteiger partial charge in [0.05, 0.1) is 16.7 Å². The van der Waals surface area contributed by atoms with Gasteiger partial charge in [0.15, 0.2) is 5.65 Å². The minimum Gasteiger partial charge on any atom is -0.381 e. The molecule has 0 radical (unpaired) electrons. The van der Waals surface area contributed by atoms with Gasteiger partial charge in [-0.2, -0.15) is 5.10 Å². The number of pyridine rings is 1. The van der Waals surface area contributed by atoms with Crippen LogP contribution < -0.4 is 10.0 Å². The topological polar surface area (TPSA) is 126 Å². The average Bonchev–Trinajstić information content (AvgIpc) is 3.20. The summed E-state index contributed by atoms with van der Waals surface area (Å²) in [6.45, 7) is 1.40. The number of aromatic amines is 1. The molecule has 0 aliphatic carbocycles. The highest BCUT2D eigenvalue weighted by Gasteiger charge is 2.22. The van der Waals surface area contributed by atoms with E-state index in [-0.39, 0.29) is 23.4 Å². The number of sulfonamides is 1. The summed E-state index contributed by atoms with van der Waals surface area (Å²) >= 11 is 0. The first-order valence-corrected chi connectivity index (χ1v) is 10.8. The van der Waals surface area contributed by atoms with Crippen molar-refractivity contribution in [2.45, 2.75) is 30.3 Å². The lowest BCUT2D eigenvalue weighted by Gasteiger charge is -2.23. The van der Waals surface area contributed by atoms with E-state index in [4.69, 9.17) is 4.74 Å². The third-order valence-electron chi connectivity index (χ3n) is 4.78. The van der Waals surface area contributed by atoms with E-state index in [1.165, 1.54) is 6.20 Å². The predicted molar refractivity (Wildman–Crippen MR) is 106 cm³/mol. The Morgan fingerprint density at radius 1 is 1.17 bits per heavy atom. The van der Waals surface area contributed by atoms with Crippen molar-refractivity contribution >= 4 is 27.0 Å². The molecule has 0 saturated carbocycles. The molecule has 9 nitrogen and oxygen atoms in total. The van der Waals surface area contributed by atoms with Crippen LogP contribution in [0.5, 0.6) is 0 Å². The van der Waals surface area contributed by atoms with E-state index in [0.29, 0.717) is 37.3 Å². The molecule has 3 aromatic rings. The Labute approximate surface area is 167 Å². The molecule has 4 rings (SSSR count). The largest absolute Gasteiger partial charge is 0.381 e. The molecule has 1 fully saturated rings. The van der Waals surface area contributed by atoms with Crippen LogP contribution in [0.4, 0.5) is 0 Å². The lowest BCUT2D eigenvalue weighted by Crippen LogP contribution is -2.38. The summed E-state index contributed by atoms with van der Waals surface area (Å²) in [6, 6.07) is 8.07. The van der Waals surface area contributed by atoms with Crippen LogP contribution in [-0.2, 0) is 21.3 Å². The number of fused-ring (bicyclic) bond motifs is 1. The van der Waals surface area contributed by atoms with Crippen molar-refractivity contribution in [3.63, 3.8) is 0 Å². The van der Waals surface area contributed by atoms with Crippen molar-refractivity contribution in [3.8, 4) is 0 Å². The SMILES string of the molecule is O=C(NCc1ccc(S(=O)(=O)NC2CCOCC2)cc1)c1cnc2[nH]ncc2c1. The number of H-pyrrole nitrogens is 1. The predicted octanol–water partition coefficient (Wildman–Crippen LogP) is 1.35. The maximum absolute atomic E-state index is 12.5. The fourth-order valence-corrected chi connectivity index (χ4v) is 4.44. The Morgan fingerprint density at radius 3 is 2.69 bits per heavy atom. The molecule has 0 bridgehead atoms. The summed E-state index contributed by atoms with van der Waals surface area (Å²) in [7, 11) is -3.58. The number of hydrogen-bond donors (Lipinski definition) is 3. The average molecular weight is 415 g/mol. The van der Waals surface area contributed by atoms with Gasteiger partial charge in [-0.3, -0.25) is 9.89 Å². The summed E-state index contributed by atoms with van der Waals surface area (Å²) in [4.78, 5) is 16.7. The van der Waals surface area contributed by atoms with Crippen LogP contribution in [0.1, 0.15) is 28.8 Å². The fraction of sp³-hybridized carbons (Fsp3) is 0.316. The van der Waals surface area contributed by atoms with E-state index in [1.807, 2.05) is 0 Å². The highest BCUT2D eigenvalue weighted by Crippen LogP contribution is 2.15. The molecule has 1 amide bonds. The van der Waals surface area contributed by atoms with Crippen molar-refractivity contribution < 1.29 is 17.9 Å². The van der Waals surface area contributed by atoms with Crippen molar-refractivity contribution in [1.82, 2.24) is 25.2 Å². The minimum absolute atomic E-state index is 0.103. The highest BCUT2D eigenvalue weighted by molar-refractivity contribution is 7.89. The number of rotatable bonds is 6. The maximum atomic E-state index is 12.5. The molecule has 152 valence electrons. The summed E-state index contributed by atoms with van der Waals surface area (Å²) in [6.07, 6.45) is 4.42. The number of carbonyl (C=O) groups excluding carboxylic acids is 1. The molecule has 1 aliphatic rings. The number of ether oxygens (including phenoxy) is 1. The maximum Gasteiger partial charge on any atom is 0.253 e. The molecule has 10 heteroatoms. The van der Waals surface area contributed by atoms with E-state index in [1.54, 1.807) is 36.5 Å². The second-order valence-electron chi connectivity index (χ2n) is 6.87. The van der Waals surface area contributed by atoms with Crippen molar-refractivity contribution in [2.24, 2.45) is 0 Å². The number of nitrogens with zero attached hydrogens (tertiary/aromatic N) is 2. The minimum atomic E-state index is -3.58. The van der Waals surface area contributed by atoms with Crippen LogP contribution >= 0.6 is 0 Å². The Bertz CT molecular complexity index is 1110. The van der Waals surface area contributed by atoms with Gasteiger partial charge >= 0.3 is 0 Å². The van der Waals surface area contributed by atoms with E-state index in [2.05, 4.69) is 25.2 Å². The lowest BCUT2D eigenvalue weighted by atomic mass is 10.1. The quantitative estimate of drug-likeness (QED) is 0.558. The molecule has 29 heavy (non-hydrogen) atoms. The molecule has 3 N–H and O–H groups in total. The monoisotopic (exact) mass is 415 g/mol. The van der Waals surface area contributed by atoms with Crippen molar-refractivity contribution in [3.05, 3.63) is 53.9 Å². The third-order valence-corrected chi connectivity index (χ3v) is 6.32. The van der Waals surface area contributed by atoms with Gasteiger partial charge in [-0.05, 0) is 36.6 Å². The van der Waals surface area contributed by atoms with Crippen LogP contribution in [0.3, 0.4) is 0 Å². The molecule has 1 aliphatic heterocycles. The first kappa shape index (κ1) is 19.5. The van der Waals surface area contributed by atoms with Gasteiger partial charge in [-0.1, -0.05) is 12.1 Å². The standard InChI is InChI=1S/C19H21N5O4S/c25-19(15-9-14-12-22-23-18(14)20-11-15)21-10-13-1-3-17(4-2-13)29(26,27)24-16-5-7-28-8-6-16/h1-4,9,11-12,16,24H,5-8,10H2,(H,21,25)(H,20,22,23). The molecule has 3 heterocycles. The normalized spacial score (nSPS) is 15.4. The van der Waals surface area contributed by atoms with Gasteiger partial charge in [-0.15, -0.1) is 0 Å². The second-order valence-corrected chi connectivity index (χ2v) is 8.58. The Morgan fingerprint density at radius 2 is 1.93 bits per heavy atom. The molecule has 2 aromatic heterocycles. The zero-order valence-electron chi connectivity index (χ0n) is 15.6. The summed E-state index contributed by atoms with van der Waals surface area (Å²) in [5.74, 6) is -0.265. The van der Waals surface area contributed by atoms with Gasteiger partial charge in [0.2, 0.25) is 10.0 Å². The van der Waals surface area contributed by atoms with E-state index in [9.17, 15) is 13.2 Å². The number of aromatic nitrogens is 3. The van der Waals surface area contributed by atoms with Crippen molar-refractivity contribution in [1.29, 1.82) is 0 Å². The Balaban J connectivity index is 1.36. The fourth-order valence-electron chi connectivity index (χ4n) is 3.13. The van der Waals surface area contributed by atoms with Crippen LogP contribution in [0.15, 0.2) is 47.6 Å². The number of amides is 1. The van der Waals surface area contributed by atoms with Crippen LogP contribution in [-0.4, -0.2) is 48.8 Å². The second kappa shape index (κ2) is 8.27. The first-order chi connectivity index (χ1) is 14.0. The molecular formula is C19H21N5O4S. The van der Waals surface area contributed by atoms with Gasteiger partial charge < -0.3 is 10.1 Å². The highest BCUT2D eigenvalue weighted by atomic mass is 32.2. The number of benzene rings is 1. The van der Waals surface area contributed by atoms with Crippen LogP contribution in [0.25, 0.3) is 11.0 Å². The number of carbonyl (C=O) groups is 1. The first-order valence-electron chi connectivity index (χ1n) is 9.28. The zero-order valence-corrected chi connectivity index (χ0v) is 16.4. The third kappa shape index (κ3) is 4.61. The summed E-state index contributed by atoms with van der Waals surface area (Å²) in [5.41, 5.74) is 1.84. The van der Waals surface area contributed by atoms with Gasteiger partial charge in [0, 0.05) is 37.4 Å². The van der Waals surface area contributed by atoms with E-state index < -0.39 is 10.0 Å². The molecule has 0 spiro atoms. The molecule has 1 aromatic carbocycles.